The lowest BCUT2D eigenvalue weighted by molar-refractivity contribution is -0.0979. The van der Waals surface area contributed by atoms with E-state index in [0.717, 1.165) is 17.9 Å². The molecule has 1 heterocycles. The van der Waals surface area contributed by atoms with Gasteiger partial charge in [0.1, 0.15) is 6.79 Å². The maximum Gasteiger partial charge on any atom is 0.231 e. The number of carbonyl (C=O) groups is 1. The van der Waals surface area contributed by atoms with Crippen LogP contribution in [0, 0.1) is 0 Å². The summed E-state index contributed by atoms with van der Waals surface area (Å²) in [5.74, 6) is 1.74. The number of hydrogen-bond acceptors (Lipinski definition) is 3. The molecule has 1 aliphatic rings. The molecule has 0 unspecified atom stereocenters. The molecule has 0 saturated carbocycles. The van der Waals surface area contributed by atoms with Gasteiger partial charge in [0.25, 0.3) is 0 Å². The number of benzene rings is 1. The van der Waals surface area contributed by atoms with E-state index in [1.807, 2.05) is 18.9 Å². The van der Waals surface area contributed by atoms with Gasteiger partial charge in [-0.2, -0.15) is 0 Å². The van der Waals surface area contributed by atoms with Crippen molar-refractivity contribution in [2.75, 3.05) is 6.79 Å². The summed E-state index contributed by atoms with van der Waals surface area (Å²) in [6.45, 7) is 4.49. The maximum atomic E-state index is 8.00. The SMILES string of the molecule is C=O.CCc1ccc2c(c1)OCO2. The van der Waals surface area contributed by atoms with Gasteiger partial charge in [0.2, 0.25) is 6.79 Å². The standard InChI is InChI=1S/C9H10O2.CH2O/c1-2-7-3-4-8-9(5-7)11-6-10-8;1-2/h3-5H,2,6H2,1H3;1H2. The Hall–Kier alpha value is -1.51. The minimum absolute atomic E-state index is 0.364. The molecule has 0 amide bonds. The van der Waals surface area contributed by atoms with Gasteiger partial charge in [0, 0.05) is 0 Å². The number of fused-ring (bicyclic) bond motifs is 1. The highest BCUT2D eigenvalue weighted by molar-refractivity contribution is 5.44. The third kappa shape index (κ3) is 1.99. The first-order chi connectivity index (χ1) is 6.40. The van der Waals surface area contributed by atoms with Gasteiger partial charge in [-0.15, -0.1) is 0 Å². The summed E-state index contributed by atoms with van der Waals surface area (Å²) in [7, 11) is 0. The summed E-state index contributed by atoms with van der Waals surface area (Å²) in [4.78, 5) is 8.00. The normalized spacial score (nSPS) is 11.8. The van der Waals surface area contributed by atoms with E-state index in [4.69, 9.17) is 14.3 Å². The van der Waals surface area contributed by atoms with Gasteiger partial charge in [0.15, 0.2) is 11.5 Å². The van der Waals surface area contributed by atoms with Gasteiger partial charge < -0.3 is 14.3 Å². The van der Waals surface area contributed by atoms with Crippen LogP contribution in [0.5, 0.6) is 11.5 Å². The Bertz CT molecular complexity index is 283. The number of rotatable bonds is 1. The summed E-state index contributed by atoms with van der Waals surface area (Å²) in [5, 5.41) is 0. The van der Waals surface area contributed by atoms with Crippen molar-refractivity contribution in [3.8, 4) is 11.5 Å². The van der Waals surface area contributed by atoms with Gasteiger partial charge in [-0.25, -0.2) is 0 Å². The van der Waals surface area contributed by atoms with Crippen LogP contribution in [0.2, 0.25) is 0 Å². The second-order valence-electron chi connectivity index (χ2n) is 2.54. The molecule has 0 atom stereocenters. The number of aryl methyl sites for hydroxylation is 1. The summed E-state index contributed by atoms with van der Waals surface area (Å²) < 4.78 is 10.4. The van der Waals surface area contributed by atoms with Crippen LogP contribution < -0.4 is 9.47 Å². The second kappa shape index (κ2) is 4.50. The van der Waals surface area contributed by atoms with Crippen molar-refractivity contribution < 1.29 is 14.3 Å². The fourth-order valence-corrected chi connectivity index (χ4v) is 1.16. The molecule has 0 aliphatic carbocycles. The van der Waals surface area contributed by atoms with Crippen LogP contribution in [0.15, 0.2) is 18.2 Å². The zero-order chi connectivity index (χ0) is 9.68. The van der Waals surface area contributed by atoms with Crippen molar-refractivity contribution in [1.29, 1.82) is 0 Å². The minimum Gasteiger partial charge on any atom is -0.454 e. The molecule has 70 valence electrons. The molecule has 0 radical (unpaired) electrons. The first-order valence-electron chi connectivity index (χ1n) is 4.07. The molecule has 0 spiro atoms. The van der Waals surface area contributed by atoms with Gasteiger partial charge in [-0.3, -0.25) is 0 Å². The van der Waals surface area contributed by atoms with Crippen LogP contribution in [0.4, 0.5) is 0 Å². The molecule has 0 aromatic heterocycles. The van der Waals surface area contributed by atoms with Crippen molar-refractivity contribution in [3.63, 3.8) is 0 Å². The number of hydrogen-bond donors (Lipinski definition) is 0. The van der Waals surface area contributed by atoms with E-state index in [2.05, 4.69) is 13.0 Å². The lowest BCUT2D eigenvalue weighted by Crippen LogP contribution is -1.92. The van der Waals surface area contributed by atoms with Crippen molar-refractivity contribution in [1.82, 2.24) is 0 Å². The predicted molar refractivity (Wildman–Crippen MR) is 49.1 cm³/mol. The third-order valence-electron chi connectivity index (χ3n) is 1.85. The topological polar surface area (TPSA) is 35.5 Å². The van der Waals surface area contributed by atoms with Crippen LogP contribution in [-0.2, 0) is 11.2 Å². The van der Waals surface area contributed by atoms with Gasteiger partial charge in [-0.1, -0.05) is 13.0 Å². The van der Waals surface area contributed by atoms with E-state index >= 15 is 0 Å². The first-order valence-corrected chi connectivity index (χ1v) is 4.07. The largest absolute Gasteiger partial charge is 0.454 e. The molecule has 1 aliphatic heterocycles. The number of ether oxygens (including phenoxy) is 2. The molecule has 3 nitrogen and oxygen atoms in total. The Kier molecular flexibility index (Phi) is 3.31. The zero-order valence-corrected chi connectivity index (χ0v) is 7.58. The maximum absolute atomic E-state index is 8.00. The van der Waals surface area contributed by atoms with Crippen molar-refractivity contribution in [3.05, 3.63) is 23.8 Å². The van der Waals surface area contributed by atoms with Crippen LogP contribution in [0.3, 0.4) is 0 Å². The van der Waals surface area contributed by atoms with Crippen LogP contribution in [-0.4, -0.2) is 13.6 Å². The zero-order valence-electron chi connectivity index (χ0n) is 7.58. The van der Waals surface area contributed by atoms with Gasteiger partial charge in [-0.05, 0) is 24.1 Å². The van der Waals surface area contributed by atoms with Crippen molar-refractivity contribution in [2.24, 2.45) is 0 Å². The Labute approximate surface area is 77.3 Å². The van der Waals surface area contributed by atoms with Gasteiger partial charge in [0.05, 0.1) is 0 Å². The highest BCUT2D eigenvalue weighted by atomic mass is 16.7. The summed E-state index contributed by atoms with van der Waals surface area (Å²) in [6.07, 6.45) is 1.04. The fourth-order valence-electron chi connectivity index (χ4n) is 1.16. The average molecular weight is 180 g/mol. The van der Waals surface area contributed by atoms with Crippen molar-refractivity contribution >= 4 is 6.79 Å². The molecule has 1 aromatic rings. The van der Waals surface area contributed by atoms with E-state index in [1.54, 1.807) is 0 Å². The molecule has 0 fully saturated rings. The highest BCUT2D eigenvalue weighted by Gasteiger charge is 2.11. The summed E-state index contributed by atoms with van der Waals surface area (Å²) in [6, 6.07) is 6.05. The van der Waals surface area contributed by atoms with E-state index in [-0.39, 0.29) is 0 Å². The Morgan fingerprint density at radius 2 is 2.00 bits per heavy atom. The highest BCUT2D eigenvalue weighted by Crippen LogP contribution is 2.32. The quantitative estimate of drug-likeness (QED) is 0.661. The van der Waals surface area contributed by atoms with Gasteiger partial charge >= 0.3 is 0 Å². The molecule has 0 saturated heterocycles. The fraction of sp³-hybridized carbons (Fsp3) is 0.300. The van der Waals surface area contributed by atoms with Crippen LogP contribution >= 0.6 is 0 Å². The molecular weight excluding hydrogens is 168 g/mol. The minimum atomic E-state index is 0.364. The summed E-state index contributed by atoms with van der Waals surface area (Å²) in [5.41, 5.74) is 1.29. The molecule has 0 N–H and O–H groups in total. The van der Waals surface area contributed by atoms with E-state index in [9.17, 15) is 0 Å². The Morgan fingerprint density at radius 3 is 2.69 bits per heavy atom. The monoisotopic (exact) mass is 180 g/mol. The Balaban J connectivity index is 0.000000396. The number of carbonyl (C=O) groups excluding carboxylic acids is 1. The van der Waals surface area contributed by atoms with E-state index < -0.39 is 0 Å². The lowest BCUT2D eigenvalue weighted by Gasteiger charge is -1.97. The molecular formula is C10H12O3. The van der Waals surface area contributed by atoms with E-state index in [1.165, 1.54) is 5.56 Å². The molecule has 2 rings (SSSR count). The molecule has 1 aromatic carbocycles. The first kappa shape index (κ1) is 9.58. The summed E-state index contributed by atoms with van der Waals surface area (Å²) >= 11 is 0. The van der Waals surface area contributed by atoms with Crippen LogP contribution in [0.25, 0.3) is 0 Å². The lowest BCUT2D eigenvalue weighted by atomic mass is 10.1. The second-order valence-corrected chi connectivity index (χ2v) is 2.54. The predicted octanol–water partition coefficient (Wildman–Crippen LogP) is 1.79. The average Bonchev–Trinajstić information content (AvgIpc) is 2.67. The van der Waals surface area contributed by atoms with Crippen molar-refractivity contribution in [2.45, 2.75) is 13.3 Å². The van der Waals surface area contributed by atoms with Crippen LogP contribution in [0.1, 0.15) is 12.5 Å². The third-order valence-corrected chi connectivity index (χ3v) is 1.85. The Morgan fingerprint density at radius 1 is 1.31 bits per heavy atom. The molecule has 3 heteroatoms. The molecule has 0 bridgehead atoms. The smallest absolute Gasteiger partial charge is 0.231 e. The van der Waals surface area contributed by atoms with E-state index in [0.29, 0.717) is 6.79 Å². The molecule has 13 heavy (non-hydrogen) atoms.